The van der Waals surface area contributed by atoms with Gasteiger partial charge in [0.05, 0.1) is 28.2 Å². The summed E-state index contributed by atoms with van der Waals surface area (Å²) in [5.74, 6) is -0.340. The number of halogens is 3. The van der Waals surface area contributed by atoms with Crippen molar-refractivity contribution in [2.24, 2.45) is 7.05 Å². The van der Waals surface area contributed by atoms with Crippen molar-refractivity contribution in [1.82, 2.24) is 24.6 Å². The standard InChI is InChI=1S/C27H22F3N5O2/c1-15-4-10-22(31-13-15)16(2)32-25(36)17-5-11-23-20(12-17)24-21(14-34(3)33-24)26(37)35(23)19-8-6-18(7-9-19)27(28,29)30/h4-14,16H,1-3H3,(H,32,36)/t16-/m0/s1. The zero-order valence-corrected chi connectivity index (χ0v) is 20.2. The Morgan fingerprint density at radius 3 is 2.41 bits per heavy atom. The van der Waals surface area contributed by atoms with E-state index in [9.17, 15) is 22.8 Å². The lowest BCUT2D eigenvalue weighted by Gasteiger charge is -2.15. The van der Waals surface area contributed by atoms with E-state index in [0.717, 1.165) is 17.7 Å². The summed E-state index contributed by atoms with van der Waals surface area (Å²) < 4.78 is 42.1. The predicted octanol–water partition coefficient (Wildman–Crippen LogP) is 5.09. The molecule has 7 nitrogen and oxygen atoms in total. The number of amides is 1. The van der Waals surface area contributed by atoms with Crippen LogP contribution in [-0.2, 0) is 13.2 Å². The molecule has 1 N–H and O–H groups in total. The molecule has 5 aromatic rings. The lowest BCUT2D eigenvalue weighted by Crippen LogP contribution is -2.27. The molecule has 0 radical (unpaired) electrons. The van der Waals surface area contributed by atoms with Gasteiger partial charge in [-0.05, 0) is 67.9 Å². The zero-order valence-electron chi connectivity index (χ0n) is 20.2. The first-order valence-corrected chi connectivity index (χ1v) is 11.5. The molecular weight excluding hydrogens is 483 g/mol. The molecule has 3 aromatic heterocycles. The number of pyridine rings is 2. The van der Waals surface area contributed by atoms with E-state index < -0.39 is 17.3 Å². The summed E-state index contributed by atoms with van der Waals surface area (Å²) in [6.07, 6.45) is -1.21. The summed E-state index contributed by atoms with van der Waals surface area (Å²) in [4.78, 5) is 30.8. The molecule has 1 amide bonds. The molecule has 0 bridgehead atoms. The summed E-state index contributed by atoms with van der Waals surface area (Å²) in [7, 11) is 1.67. The van der Waals surface area contributed by atoms with E-state index in [1.165, 1.54) is 21.4 Å². The number of nitrogens with zero attached hydrogens (tertiary/aromatic N) is 4. The number of hydrogen-bond acceptors (Lipinski definition) is 4. The second kappa shape index (κ2) is 8.88. The summed E-state index contributed by atoms with van der Waals surface area (Å²) in [6, 6.07) is 12.6. The average molecular weight is 506 g/mol. The van der Waals surface area contributed by atoms with E-state index in [4.69, 9.17) is 0 Å². The number of carbonyl (C=O) groups is 1. The zero-order chi connectivity index (χ0) is 26.5. The van der Waals surface area contributed by atoms with Crippen molar-refractivity contribution in [1.29, 1.82) is 0 Å². The van der Waals surface area contributed by atoms with E-state index in [0.29, 0.717) is 27.7 Å². The lowest BCUT2D eigenvalue weighted by molar-refractivity contribution is -0.137. The van der Waals surface area contributed by atoms with Crippen LogP contribution in [0.1, 0.15) is 40.1 Å². The third-order valence-electron chi connectivity index (χ3n) is 6.20. The normalized spacial score (nSPS) is 12.7. The molecule has 10 heteroatoms. The smallest absolute Gasteiger partial charge is 0.344 e. The highest BCUT2D eigenvalue weighted by molar-refractivity contribution is 6.07. The van der Waals surface area contributed by atoms with Crippen LogP contribution in [0.5, 0.6) is 0 Å². The Kier molecular flexibility index (Phi) is 5.82. The number of nitrogens with one attached hydrogen (secondary N) is 1. The Balaban J connectivity index is 1.61. The summed E-state index contributed by atoms with van der Waals surface area (Å²) in [6.45, 7) is 3.76. The number of benzene rings is 2. The number of hydrogen-bond donors (Lipinski definition) is 1. The topological polar surface area (TPSA) is 81.8 Å². The molecule has 0 unspecified atom stereocenters. The number of rotatable bonds is 4. The number of aromatic nitrogens is 4. The highest BCUT2D eigenvalue weighted by Crippen LogP contribution is 2.31. The van der Waals surface area contributed by atoms with Crippen molar-refractivity contribution in [3.63, 3.8) is 0 Å². The molecule has 0 spiro atoms. The molecule has 5 rings (SSSR count). The van der Waals surface area contributed by atoms with Crippen LogP contribution in [0.15, 0.2) is 71.8 Å². The Morgan fingerprint density at radius 1 is 1.03 bits per heavy atom. The third-order valence-corrected chi connectivity index (χ3v) is 6.20. The van der Waals surface area contributed by atoms with Crippen LogP contribution in [0.2, 0.25) is 0 Å². The molecule has 0 aliphatic carbocycles. The van der Waals surface area contributed by atoms with Gasteiger partial charge in [0, 0.05) is 36.1 Å². The average Bonchev–Trinajstić information content (AvgIpc) is 3.26. The van der Waals surface area contributed by atoms with Gasteiger partial charge in [-0.3, -0.25) is 23.8 Å². The van der Waals surface area contributed by atoms with Gasteiger partial charge in [0.15, 0.2) is 0 Å². The molecule has 0 saturated carbocycles. The SMILES string of the molecule is Cc1ccc([C@H](C)NC(=O)c2ccc3c(c2)c2nn(C)cc2c(=O)n3-c2ccc(C(F)(F)F)cc2)nc1. The summed E-state index contributed by atoms with van der Waals surface area (Å²) >= 11 is 0. The van der Waals surface area contributed by atoms with E-state index in [1.807, 2.05) is 26.0 Å². The maximum Gasteiger partial charge on any atom is 0.416 e. The molecule has 0 fully saturated rings. The van der Waals surface area contributed by atoms with Crippen molar-refractivity contribution in [3.8, 4) is 5.69 Å². The molecule has 37 heavy (non-hydrogen) atoms. The minimum absolute atomic E-state index is 0.269. The second-order valence-corrected chi connectivity index (χ2v) is 8.94. The van der Waals surface area contributed by atoms with Gasteiger partial charge in [0.2, 0.25) is 0 Å². The number of fused-ring (bicyclic) bond motifs is 3. The van der Waals surface area contributed by atoms with Crippen LogP contribution >= 0.6 is 0 Å². The van der Waals surface area contributed by atoms with Crippen molar-refractivity contribution in [3.05, 3.63) is 99.7 Å². The fourth-order valence-electron chi connectivity index (χ4n) is 4.28. The minimum Gasteiger partial charge on any atom is -0.344 e. The van der Waals surface area contributed by atoms with E-state index in [2.05, 4.69) is 15.4 Å². The van der Waals surface area contributed by atoms with E-state index in [1.54, 1.807) is 37.6 Å². The lowest BCUT2D eigenvalue weighted by atomic mass is 10.1. The van der Waals surface area contributed by atoms with Gasteiger partial charge in [-0.1, -0.05) is 6.07 Å². The van der Waals surface area contributed by atoms with Crippen LogP contribution in [-0.4, -0.2) is 25.2 Å². The number of aryl methyl sites for hydroxylation is 2. The van der Waals surface area contributed by atoms with Gasteiger partial charge < -0.3 is 5.32 Å². The highest BCUT2D eigenvalue weighted by atomic mass is 19.4. The first-order chi connectivity index (χ1) is 17.5. The van der Waals surface area contributed by atoms with Gasteiger partial charge in [0.25, 0.3) is 11.5 Å². The summed E-state index contributed by atoms with van der Waals surface area (Å²) in [5.41, 5.74) is 1.91. The Bertz CT molecular complexity index is 1700. The molecule has 0 aliphatic rings. The second-order valence-electron chi connectivity index (χ2n) is 8.94. The maximum absolute atomic E-state index is 13.4. The Hall–Kier alpha value is -4.47. The van der Waals surface area contributed by atoms with Gasteiger partial charge in [0.1, 0.15) is 5.52 Å². The first kappa shape index (κ1) is 24.2. The number of carbonyl (C=O) groups excluding carboxylic acids is 1. The predicted molar refractivity (Wildman–Crippen MR) is 134 cm³/mol. The molecule has 3 heterocycles. The first-order valence-electron chi connectivity index (χ1n) is 11.5. The van der Waals surface area contributed by atoms with Gasteiger partial charge in [-0.2, -0.15) is 18.3 Å². The van der Waals surface area contributed by atoms with Crippen molar-refractivity contribution >= 4 is 27.7 Å². The monoisotopic (exact) mass is 505 g/mol. The highest BCUT2D eigenvalue weighted by Gasteiger charge is 2.30. The molecule has 0 saturated heterocycles. The quantitative estimate of drug-likeness (QED) is 0.369. The van der Waals surface area contributed by atoms with Crippen LogP contribution < -0.4 is 10.9 Å². The molecule has 1 atom stereocenters. The van der Waals surface area contributed by atoms with Crippen molar-refractivity contribution < 1.29 is 18.0 Å². The Labute approximate surface area is 209 Å². The fraction of sp³-hybridized carbons (Fsp3) is 0.185. The Morgan fingerprint density at radius 2 is 1.76 bits per heavy atom. The van der Waals surface area contributed by atoms with Crippen molar-refractivity contribution in [2.75, 3.05) is 0 Å². The third kappa shape index (κ3) is 4.46. The van der Waals surface area contributed by atoms with Crippen molar-refractivity contribution in [2.45, 2.75) is 26.1 Å². The molecule has 2 aromatic carbocycles. The molecule has 0 aliphatic heterocycles. The van der Waals surface area contributed by atoms with Gasteiger partial charge in [-0.25, -0.2) is 0 Å². The van der Waals surface area contributed by atoms with Gasteiger partial charge in [-0.15, -0.1) is 0 Å². The molecule has 188 valence electrons. The largest absolute Gasteiger partial charge is 0.416 e. The maximum atomic E-state index is 13.4. The summed E-state index contributed by atoms with van der Waals surface area (Å²) in [5, 5.41) is 8.14. The van der Waals surface area contributed by atoms with Gasteiger partial charge >= 0.3 is 6.18 Å². The minimum atomic E-state index is -4.49. The van der Waals surface area contributed by atoms with Crippen LogP contribution in [0.4, 0.5) is 13.2 Å². The fourth-order valence-corrected chi connectivity index (χ4v) is 4.28. The van der Waals surface area contributed by atoms with E-state index in [-0.39, 0.29) is 23.0 Å². The van der Waals surface area contributed by atoms with Crippen LogP contribution in [0, 0.1) is 6.92 Å². The van der Waals surface area contributed by atoms with Crippen LogP contribution in [0.25, 0.3) is 27.5 Å². The van der Waals surface area contributed by atoms with E-state index >= 15 is 0 Å². The molecular formula is C27H22F3N5O2. The number of alkyl halides is 3. The van der Waals surface area contributed by atoms with Crippen LogP contribution in [0.3, 0.4) is 0 Å².